The van der Waals surface area contributed by atoms with Crippen molar-refractivity contribution in [2.45, 2.75) is 25.3 Å². The van der Waals surface area contributed by atoms with Gasteiger partial charge in [-0.15, -0.1) is 0 Å². The van der Waals surface area contributed by atoms with Crippen LogP contribution in [-0.4, -0.2) is 65.5 Å². The first-order valence-corrected chi connectivity index (χ1v) is 12.8. The molecule has 3 aromatic rings. The summed E-state index contributed by atoms with van der Waals surface area (Å²) in [5, 5.41) is 15.3. The summed E-state index contributed by atoms with van der Waals surface area (Å²) >= 11 is 0. The maximum Gasteiger partial charge on any atom is 0.172 e. The predicted molar refractivity (Wildman–Crippen MR) is 141 cm³/mol. The van der Waals surface area contributed by atoms with Crippen LogP contribution in [0.5, 0.6) is 5.75 Å². The average Bonchev–Trinajstić information content (AvgIpc) is 3.57. The normalized spacial score (nSPS) is 25.8. The van der Waals surface area contributed by atoms with Crippen LogP contribution >= 0.6 is 0 Å². The lowest BCUT2D eigenvalue weighted by Crippen LogP contribution is -2.62. The third-order valence-corrected chi connectivity index (χ3v) is 7.94. The van der Waals surface area contributed by atoms with Gasteiger partial charge in [0.2, 0.25) is 0 Å². The fourth-order valence-corrected chi connectivity index (χ4v) is 5.86. The van der Waals surface area contributed by atoms with Gasteiger partial charge >= 0.3 is 0 Å². The average molecular weight is 519 g/mol. The van der Waals surface area contributed by atoms with Crippen molar-refractivity contribution in [1.29, 1.82) is 0 Å². The second kappa shape index (κ2) is 9.56. The first kappa shape index (κ1) is 24.6. The standard InChI is InChI=1S/C29H31FN4O4/c1-20-14-33(19-31-20)25-8-3-21(12-26(25)36-2)11-22-13-28(9-10-37-17-28)15-34-27(22)32-38-18-29(34,16-35)23-4-6-24(30)7-5-23/h3-8,11-12,14,19,35H,9-10,13,15-18H2,1-2H3. The lowest BCUT2D eigenvalue weighted by atomic mass is 9.73. The molecule has 2 saturated heterocycles. The SMILES string of the molecule is COc1cc(C=C2CC3(CCOC3)CN3C2=NOCC3(CO)c2ccc(F)cc2)ccc1-n1cnc(C)c1. The van der Waals surface area contributed by atoms with E-state index in [4.69, 9.17) is 14.3 Å². The smallest absolute Gasteiger partial charge is 0.172 e. The molecule has 2 fully saturated rings. The summed E-state index contributed by atoms with van der Waals surface area (Å²) < 4.78 is 27.3. The van der Waals surface area contributed by atoms with E-state index >= 15 is 0 Å². The number of aliphatic hydroxyl groups excluding tert-OH is 1. The van der Waals surface area contributed by atoms with Gasteiger partial charge in [0, 0.05) is 24.8 Å². The third-order valence-electron chi connectivity index (χ3n) is 7.94. The number of rotatable bonds is 5. The molecule has 6 rings (SSSR count). The molecule has 3 aliphatic heterocycles. The lowest BCUT2D eigenvalue weighted by Gasteiger charge is -2.53. The van der Waals surface area contributed by atoms with Crippen molar-refractivity contribution >= 4 is 11.9 Å². The Morgan fingerprint density at radius 2 is 2.03 bits per heavy atom. The Balaban J connectivity index is 1.43. The number of nitrogens with zero attached hydrogens (tertiary/aromatic N) is 4. The number of halogens is 1. The number of fused-ring (bicyclic) bond motifs is 1. The van der Waals surface area contributed by atoms with Crippen molar-refractivity contribution in [2.24, 2.45) is 10.6 Å². The molecule has 2 atom stereocenters. The summed E-state index contributed by atoms with van der Waals surface area (Å²) in [6, 6.07) is 12.3. The van der Waals surface area contributed by atoms with Crippen LogP contribution < -0.4 is 4.74 Å². The van der Waals surface area contributed by atoms with Crippen LogP contribution in [0.15, 0.2) is 65.7 Å². The minimum atomic E-state index is -0.888. The minimum Gasteiger partial charge on any atom is -0.495 e. The molecule has 4 heterocycles. The van der Waals surface area contributed by atoms with Gasteiger partial charge in [-0.2, -0.15) is 0 Å². The van der Waals surface area contributed by atoms with E-state index in [0.29, 0.717) is 25.6 Å². The number of aromatic nitrogens is 2. The topological polar surface area (TPSA) is 81.3 Å². The largest absolute Gasteiger partial charge is 0.495 e. The van der Waals surface area contributed by atoms with Gasteiger partial charge in [0.05, 0.1) is 38.0 Å². The second-order valence-corrected chi connectivity index (χ2v) is 10.5. The molecule has 9 heteroatoms. The van der Waals surface area contributed by atoms with Crippen molar-refractivity contribution < 1.29 is 23.8 Å². The molecule has 3 aliphatic rings. The fourth-order valence-electron chi connectivity index (χ4n) is 5.86. The molecular formula is C29H31FN4O4. The van der Waals surface area contributed by atoms with Crippen molar-refractivity contribution in [1.82, 2.24) is 14.5 Å². The van der Waals surface area contributed by atoms with Crippen LogP contribution in [-0.2, 0) is 15.1 Å². The number of imidazole rings is 1. The monoisotopic (exact) mass is 518 g/mol. The first-order valence-electron chi connectivity index (χ1n) is 12.8. The van der Waals surface area contributed by atoms with E-state index in [1.54, 1.807) is 25.6 Å². The number of aryl methyl sites for hydroxylation is 1. The quantitative estimate of drug-likeness (QED) is 0.549. The van der Waals surface area contributed by atoms with E-state index in [9.17, 15) is 9.50 Å². The van der Waals surface area contributed by atoms with Crippen molar-refractivity contribution in [3.63, 3.8) is 0 Å². The fraction of sp³-hybridized carbons (Fsp3) is 0.379. The zero-order valence-corrected chi connectivity index (χ0v) is 21.6. The number of oxime groups is 1. The number of hydrogen-bond donors (Lipinski definition) is 1. The molecule has 1 aromatic heterocycles. The van der Waals surface area contributed by atoms with Crippen molar-refractivity contribution in [2.75, 3.05) is 40.1 Å². The Kier molecular flexibility index (Phi) is 6.20. The van der Waals surface area contributed by atoms with Crippen LogP contribution in [0.2, 0.25) is 0 Å². The highest BCUT2D eigenvalue weighted by Gasteiger charge is 2.52. The highest BCUT2D eigenvalue weighted by atomic mass is 19.1. The number of amidine groups is 1. The van der Waals surface area contributed by atoms with E-state index < -0.39 is 5.54 Å². The molecule has 1 spiro atoms. The molecule has 0 radical (unpaired) electrons. The van der Waals surface area contributed by atoms with Crippen LogP contribution in [0.25, 0.3) is 11.8 Å². The number of aliphatic hydroxyl groups is 1. The summed E-state index contributed by atoms with van der Waals surface area (Å²) in [7, 11) is 1.66. The molecule has 1 N–H and O–H groups in total. The van der Waals surface area contributed by atoms with Gasteiger partial charge in [-0.1, -0.05) is 23.4 Å². The molecular weight excluding hydrogens is 487 g/mol. The van der Waals surface area contributed by atoms with Gasteiger partial charge in [0.25, 0.3) is 0 Å². The van der Waals surface area contributed by atoms with Crippen molar-refractivity contribution in [3.05, 3.63) is 83.2 Å². The van der Waals surface area contributed by atoms with Gasteiger partial charge in [-0.3, -0.25) is 0 Å². The molecule has 0 saturated carbocycles. The van der Waals surface area contributed by atoms with Crippen molar-refractivity contribution in [3.8, 4) is 11.4 Å². The number of benzene rings is 2. The van der Waals surface area contributed by atoms with Gasteiger partial charge in [-0.05, 0) is 66.8 Å². The summed E-state index contributed by atoms with van der Waals surface area (Å²) in [4.78, 5) is 12.2. The zero-order valence-electron chi connectivity index (χ0n) is 21.6. The number of ether oxygens (including phenoxy) is 2. The predicted octanol–water partition coefficient (Wildman–Crippen LogP) is 4.06. The maximum absolute atomic E-state index is 13.8. The number of piperidine rings is 1. The summed E-state index contributed by atoms with van der Waals surface area (Å²) in [5.41, 5.74) is 3.55. The first-order chi connectivity index (χ1) is 18.4. The van der Waals surface area contributed by atoms with Gasteiger partial charge in [-0.25, -0.2) is 9.37 Å². The van der Waals surface area contributed by atoms with Crippen LogP contribution in [0.3, 0.4) is 0 Å². The van der Waals surface area contributed by atoms with E-state index in [0.717, 1.165) is 46.7 Å². The molecule has 8 nitrogen and oxygen atoms in total. The highest BCUT2D eigenvalue weighted by molar-refractivity contribution is 6.03. The molecule has 0 bridgehead atoms. The van der Waals surface area contributed by atoms with Gasteiger partial charge in [0.1, 0.15) is 23.7 Å². The molecule has 38 heavy (non-hydrogen) atoms. The Hall–Kier alpha value is -3.69. The minimum absolute atomic E-state index is 0.124. The summed E-state index contributed by atoms with van der Waals surface area (Å²) in [6.45, 7) is 3.89. The van der Waals surface area contributed by atoms with E-state index in [-0.39, 0.29) is 24.4 Å². The lowest BCUT2D eigenvalue weighted by molar-refractivity contribution is -0.0555. The van der Waals surface area contributed by atoms with Crippen LogP contribution in [0.1, 0.15) is 29.7 Å². The second-order valence-electron chi connectivity index (χ2n) is 10.5. The zero-order chi connectivity index (χ0) is 26.3. The summed E-state index contributed by atoms with van der Waals surface area (Å²) in [5.74, 6) is 1.08. The van der Waals surface area contributed by atoms with Gasteiger partial charge < -0.3 is 28.9 Å². The maximum atomic E-state index is 13.8. The third kappa shape index (κ3) is 4.16. The molecule has 2 aromatic carbocycles. The van der Waals surface area contributed by atoms with E-state index in [1.807, 2.05) is 35.9 Å². The Morgan fingerprint density at radius 1 is 1.18 bits per heavy atom. The Labute approximate surface area is 220 Å². The van der Waals surface area contributed by atoms with E-state index in [2.05, 4.69) is 21.1 Å². The Morgan fingerprint density at radius 3 is 2.71 bits per heavy atom. The Bertz CT molecular complexity index is 1390. The van der Waals surface area contributed by atoms with Gasteiger partial charge in [0.15, 0.2) is 5.84 Å². The molecule has 0 amide bonds. The molecule has 198 valence electrons. The summed E-state index contributed by atoms with van der Waals surface area (Å²) in [6.07, 6.45) is 7.50. The number of methoxy groups -OCH3 is 1. The van der Waals surface area contributed by atoms with Crippen LogP contribution in [0, 0.1) is 18.2 Å². The highest BCUT2D eigenvalue weighted by Crippen LogP contribution is 2.47. The number of hydrogen-bond acceptors (Lipinski definition) is 7. The molecule has 2 unspecified atom stereocenters. The van der Waals surface area contributed by atoms with Crippen LogP contribution in [0.4, 0.5) is 4.39 Å². The van der Waals surface area contributed by atoms with E-state index in [1.165, 1.54) is 12.1 Å². The molecule has 0 aliphatic carbocycles.